The molecule has 2 bridgehead atoms. The summed E-state index contributed by atoms with van der Waals surface area (Å²) < 4.78 is 17.4. The predicted octanol–water partition coefficient (Wildman–Crippen LogP) is 4.01. The molecule has 0 amide bonds. The quantitative estimate of drug-likeness (QED) is 0.628. The van der Waals surface area contributed by atoms with E-state index >= 15 is 0 Å². The molecule has 2 aliphatic rings. The molecule has 0 saturated carbocycles. The number of fused-ring (bicyclic) bond motifs is 4. The highest BCUT2D eigenvalue weighted by Gasteiger charge is 2.34. The Morgan fingerprint density at radius 3 is 2.72 bits per heavy atom. The first-order valence-electron chi connectivity index (χ1n) is 8.43. The maximum Gasteiger partial charge on any atom is 0.188 e. The van der Waals surface area contributed by atoms with Crippen LogP contribution in [0.3, 0.4) is 0 Å². The molecule has 2 heterocycles. The fourth-order valence-corrected chi connectivity index (χ4v) is 3.16. The van der Waals surface area contributed by atoms with Gasteiger partial charge < -0.3 is 14.2 Å². The molecule has 2 aliphatic heterocycles. The van der Waals surface area contributed by atoms with Crippen molar-refractivity contribution in [1.29, 1.82) is 0 Å². The van der Waals surface area contributed by atoms with Crippen LogP contribution in [-0.4, -0.2) is 25.1 Å². The summed E-state index contributed by atoms with van der Waals surface area (Å²) >= 11 is 0. The summed E-state index contributed by atoms with van der Waals surface area (Å²) in [5.74, 6) is 0.812. The Morgan fingerprint density at radius 1 is 1.12 bits per heavy atom. The topological polar surface area (TPSA) is 44.8 Å². The summed E-state index contributed by atoms with van der Waals surface area (Å²) in [6.45, 7) is 5.06. The average Bonchev–Trinajstić information content (AvgIpc) is 2.99. The van der Waals surface area contributed by atoms with Crippen LogP contribution in [0.25, 0.3) is 6.08 Å². The maximum absolute atomic E-state index is 12.3. The molecule has 25 heavy (non-hydrogen) atoms. The van der Waals surface area contributed by atoms with Crippen LogP contribution in [0.4, 0.5) is 0 Å². The average molecular weight is 336 g/mol. The lowest BCUT2D eigenvalue weighted by molar-refractivity contribution is -0.0579. The Labute approximate surface area is 147 Å². The van der Waals surface area contributed by atoms with Crippen molar-refractivity contribution in [2.75, 3.05) is 13.2 Å². The molecular formula is C21H20O4. The minimum absolute atomic E-state index is 0.0149. The zero-order valence-corrected chi connectivity index (χ0v) is 14.3. The third-order valence-corrected chi connectivity index (χ3v) is 4.51. The van der Waals surface area contributed by atoms with Gasteiger partial charge in [0, 0.05) is 5.56 Å². The molecule has 1 fully saturated rings. The van der Waals surface area contributed by atoms with E-state index in [2.05, 4.69) is 0 Å². The third kappa shape index (κ3) is 3.23. The maximum atomic E-state index is 12.3. The van der Waals surface area contributed by atoms with Crippen molar-refractivity contribution in [2.45, 2.75) is 26.2 Å². The highest BCUT2D eigenvalue weighted by Crippen LogP contribution is 2.39. The van der Waals surface area contributed by atoms with E-state index in [1.807, 2.05) is 56.3 Å². The third-order valence-electron chi connectivity index (χ3n) is 4.51. The summed E-state index contributed by atoms with van der Waals surface area (Å²) in [5.41, 5.74) is 4.65. The molecule has 128 valence electrons. The molecule has 2 unspecified atom stereocenters. The van der Waals surface area contributed by atoms with Gasteiger partial charge >= 0.3 is 0 Å². The number of allylic oxidation sites excluding steroid dienone is 1. The highest BCUT2D eigenvalue weighted by atomic mass is 16.7. The second kappa shape index (κ2) is 6.47. The number of carbonyl (C=O) groups is 1. The van der Waals surface area contributed by atoms with E-state index < -0.39 is 0 Å². The van der Waals surface area contributed by atoms with Crippen LogP contribution >= 0.6 is 0 Å². The SMILES string of the molecule is Cc1ccc(C(=O)/C=C/c2cc(C)c3c(c2)C2OCC(CO3)O2)cc1. The number of benzene rings is 2. The molecule has 0 spiro atoms. The summed E-state index contributed by atoms with van der Waals surface area (Å²) in [6.07, 6.45) is 3.02. The zero-order valence-electron chi connectivity index (χ0n) is 14.3. The fourth-order valence-electron chi connectivity index (χ4n) is 3.16. The normalized spacial score (nSPS) is 21.7. The van der Waals surface area contributed by atoms with Crippen LogP contribution in [0, 0.1) is 13.8 Å². The van der Waals surface area contributed by atoms with Gasteiger partial charge in [-0.3, -0.25) is 4.79 Å². The van der Waals surface area contributed by atoms with E-state index in [1.54, 1.807) is 6.08 Å². The van der Waals surface area contributed by atoms with Crippen LogP contribution in [0.2, 0.25) is 0 Å². The Morgan fingerprint density at radius 2 is 1.92 bits per heavy atom. The van der Waals surface area contributed by atoms with Crippen molar-refractivity contribution in [3.63, 3.8) is 0 Å². The van der Waals surface area contributed by atoms with E-state index in [4.69, 9.17) is 14.2 Å². The van der Waals surface area contributed by atoms with Gasteiger partial charge in [0.25, 0.3) is 0 Å². The van der Waals surface area contributed by atoms with Gasteiger partial charge in [0.2, 0.25) is 0 Å². The van der Waals surface area contributed by atoms with Crippen molar-refractivity contribution >= 4 is 11.9 Å². The number of aryl methyl sites for hydroxylation is 2. The minimum Gasteiger partial charge on any atom is -0.490 e. The van der Waals surface area contributed by atoms with Crippen LogP contribution < -0.4 is 4.74 Å². The first-order valence-corrected chi connectivity index (χ1v) is 8.43. The van der Waals surface area contributed by atoms with Gasteiger partial charge in [-0.25, -0.2) is 0 Å². The molecule has 0 radical (unpaired) electrons. The van der Waals surface area contributed by atoms with Gasteiger partial charge in [-0.2, -0.15) is 0 Å². The molecule has 2 atom stereocenters. The molecule has 2 aromatic carbocycles. The van der Waals surface area contributed by atoms with Gasteiger partial charge in [-0.1, -0.05) is 35.9 Å². The van der Waals surface area contributed by atoms with Gasteiger partial charge in [-0.15, -0.1) is 0 Å². The Balaban J connectivity index is 1.61. The summed E-state index contributed by atoms with van der Waals surface area (Å²) in [4.78, 5) is 12.3. The van der Waals surface area contributed by atoms with Crippen LogP contribution in [0.15, 0.2) is 42.5 Å². The molecule has 2 aromatic rings. The monoisotopic (exact) mass is 336 g/mol. The largest absolute Gasteiger partial charge is 0.490 e. The number of ketones is 1. The molecule has 4 rings (SSSR count). The summed E-state index contributed by atoms with van der Waals surface area (Å²) in [6, 6.07) is 11.6. The second-order valence-corrected chi connectivity index (χ2v) is 6.55. The van der Waals surface area contributed by atoms with Crippen LogP contribution in [0.5, 0.6) is 5.75 Å². The lowest BCUT2D eigenvalue weighted by Crippen LogP contribution is -2.19. The first-order chi connectivity index (χ1) is 12.1. The van der Waals surface area contributed by atoms with Crippen molar-refractivity contribution in [2.24, 2.45) is 0 Å². The second-order valence-electron chi connectivity index (χ2n) is 6.55. The number of rotatable bonds is 3. The number of hydrogen-bond donors (Lipinski definition) is 0. The highest BCUT2D eigenvalue weighted by molar-refractivity contribution is 6.06. The van der Waals surface area contributed by atoms with Crippen molar-refractivity contribution in [1.82, 2.24) is 0 Å². The first kappa shape index (κ1) is 16.1. The van der Waals surface area contributed by atoms with Gasteiger partial charge in [0.05, 0.1) is 12.2 Å². The molecule has 4 heteroatoms. The lowest BCUT2D eigenvalue weighted by atomic mass is 10.0. The number of carbonyl (C=O) groups excluding carboxylic acids is 1. The number of hydrogen-bond acceptors (Lipinski definition) is 4. The smallest absolute Gasteiger partial charge is 0.188 e. The van der Waals surface area contributed by atoms with E-state index in [9.17, 15) is 4.79 Å². The summed E-state index contributed by atoms with van der Waals surface area (Å²) in [5, 5.41) is 0. The number of ether oxygens (including phenoxy) is 3. The molecule has 0 aromatic heterocycles. The molecule has 4 nitrogen and oxygen atoms in total. The standard InChI is InChI=1S/C21H20O4/c1-13-3-6-16(7-4-13)19(22)8-5-15-9-14(2)20-18(10-15)21-24-12-17(25-21)11-23-20/h3-10,17,21H,11-12H2,1-2H3/b8-5+. The van der Waals surface area contributed by atoms with Crippen molar-refractivity contribution < 1.29 is 19.0 Å². The Kier molecular flexibility index (Phi) is 4.15. The minimum atomic E-state index is -0.387. The Hall–Kier alpha value is -2.43. The molecule has 0 aliphatic carbocycles. The van der Waals surface area contributed by atoms with E-state index in [0.717, 1.165) is 28.0 Å². The molecule has 1 saturated heterocycles. The van der Waals surface area contributed by atoms with E-state index in [1.165, 1.54) is 0 Å². The van der Waals surface area contributed by atoms with Crippen LogP contribution in [0.1, 0.15) is 38.9 Å². The lowest BCUT2D eigenvalue weighted by Gasteiger charge is -2.16. The van der Waals surface area contributed by atoms with Gasteiger partial charge in [0.15, 0.2) is 12.1 Å². The van der Waals surface area contributed by atoms with E-state index in [-0.39, 0.29) is 18.2 Å². The van der Waals surface area contributed by atoms with Gasteiger partial charge in [-0.05, 0) is 43.2 Å². The molecule has 0 N–H and O–H groups in total. The zero-order chi connectivity index (χ0) is 17.4. The van der Waals surface area contributed by atoms with Crippen molar-refractivity contribution in [3.05, 3.63) is 70.3 Å². The van der Waals surface area contributed by atoms with E-state index in [0.29, 0.717) is 18.8 Å². The molecular weight excluding hydrogens is 316 g/mol. The van der Waals surface area contributed by atoms with Crippen molar-refractivity contribution in [3.8, 4) is 5.75 Å². The summed E-state index contributed by atoms with van der Waals surface area (Å²) in [7, 11) is 0. The van der Waals surface area contributed by atoms with Crippen LogP contribution in [-0.2, 0) is 9.47 Å². The van der Waals surface area contributed by atoms with Gasteiger partial charge in [0.1, 0.15) is 18.5 Å². The Bertz CT molecular complexity index is 836. The predicted molar refractivity (Wildman–Crippen MR) is 94.8 cm³/mol. The fraction of sp³-hybridized carbons (Fsp3) is 0.286.